The third-order valence-corrected chi connectivity index (χ3v) is 4.93. The first-order chi connectivity index (χ1) is 13.2. The van der Waals surface area contributed by atoms with E-state index in [4.69, 9.17) is 4.74 Å². The number of hydrogen-bond acceptors (Lipinski definition) is 4. The summed E-state index contributed by atoms with van der Waals surface area (Å²) in [5.74, 6) is -0.232. The topological polar surface area (TPSA) is 50.6 Å². The zero-order valence-corrected chi connectivity index (χ0v) is 17.1. The van der Waals surface area contributed by atoms with Gasteiger partial charge in [-0.1, -0.05) is 12.1 Å². The van der Waals surface area contributed by atoms with Crippen LogP contribution in [-0.4, -0.2) is 57.2 Å². The maximum absolute atomic E-state index is 13.2. The lowest BCUT2D eigenvalue weighted by atomic mass is 10.1. The maximum Gasteiger partial charge on any atom is 0.410 e. The molecule has 1 saturated heterocycles. The third kappa shape index (κ3) is 5.10. The van der Waals surface area contributed by atoms with Crippen molar-refractivity contribution in [2.75, 3.05) is 26.2 Å². The number of nitrogens with zero attached hydrogens (tertiary/aromatic N) is 4. The molecule has 1 aromatic carbocycles. The minimum Gasteiger partial charge on any atom is -0.444 e. The van der Waals surface area contributed by atoms with Crippen molar-refractivity contribution in [1.82, 2.24) is 19.4 Å². The summed E-state index contributed by atoms with van der Waals surface area (Å²) in [5.41, 5.74) is 1.66. The quantitative estimate of drug-likeness (QED) is 0.802. The van der Waals surface area contributed by atoms with Crippen molar-refractivity contribution in [3.05, 3.63) is 53.9 Å². The van der Waals surface area contributed by atoms with Crippen molar-refractivity contribution < 1.29 is 13.9 Å². The number of imidazole rings is 1. The molecule has 6 nitrogen and oxygen atoms in total. The van der Waals surface area contributed by atoms with Gasteiger partial charge in [0.2, 0.25) is 0 Å². The van der Waals surface area contributed by atoms with E-state index in [9.17, 15) is 9.18 Å². The average molecular weight is 388 g/mol. The molecule has 0 aliphatic carbocycles. The number of halogens is 1. The summed E-state index contributed by atoms with van der Waals surface area (Å²) in [5, 5.41) is 0. The second-order valence-electron chi connectivity index (χ2n) is 8.26. The van der Waals surface area contributed by atoms with E-state index >= 15 is 0 Å². The predicted molar refractivity (Wildman–Crippen MR) is 106 cm³/mol. The van der Waals surface area contributed by atoms with Crippen LogP contribution in [0.25, 0.3) is 0 Å². The number of hydrogen-bond donors (Lipinski definition) is 0. The van der Waals surface area contributed by atoms with Crippen molar-refractivity contribution in [3.63, 3.8) is 0 Å². The Morgan fingerprint density at radius 1 is 1.18 bits per heavy atom. The highest BCUT2D eigenvalue weighted by atomic mass is 19.1. The van der Waals surface area contributed by atoms with E-state index in [2.05, 4.69) is 21.4 Å². The molecular formula is C21H29FN4O2. The number of piperazine rings is 1. The monoisotopic (exact) mass is 388 g/mol. The van der Waals surface area contributed by atoms with Crippen molar-refractivity contribution in [2.45, 2.75) is 45.9 Å². The lowest BCUT2D eigenvalue weighted by molar-refractivity contribution is 0.0137. The van der Waals surface area contributed by atoms with Crippen molar-refractivity contribution in [2.24, 2.45) is 0 Å². The number of carbonyl (C=O) groups is 1. The van der Waals surface area contributed by atoms with Crippen LogP contribution in [0, 0.1) is 5.82 Å². The smallest absolute Gasteiger partial charge is 0.410 e. The fourth-order valence-electron chi connectivity index (χ4n) is 3.35. The maximum atomic E-state index is 13.2. The lowest BCUT2D eigenvalue weighted by Crippen LogP contribution is -2.49. The van der Waals surface area contributed by atoms with Gasteiger partial charge >= 0.3 is 6.09 Å². The van der Waals surface area contributed by atoms with E-state index in [0.717, 1.165) is 30.9 Å². The van der Waals surface area contributed by atoms with E-state index < -0.39 is 5.60 Å². The molecule has 0 saturated carbocycles. The molecule has 0 N–H and O–H groups in total. The summed E-state index contributed by atoms with van der Waals surface area (Å²) >= 11 is 0. The highest BCUT2D eigenvalue weighted by Gasteiger charge is 2.26. The Hall–Kier alpha value is -2.41. The molecule has 0 unspecified atom stereocenters. The van der Waals surface area contributed by atoms with E-state index in [1.54, 1.807) is 4.90 Å². The SMILES string of the molecule is C[C@H](c1ccc(F)cc1)n1cncc1CN1CCN(C(=O)OC(C)(C)C)CC1. The fraction of sp³-hybridized carbons (Fsp3) is 0.524. The van der Waals surface area contributed by atoms with Crippen LogP contribution in [0.2, 0.25) is 0 Å². The second kappa shape index (κ2) is 8.31. The number of amides is 1. The van der Waals surface area contributed by atoms with Gasteiger partial charge in [-0.25, -0.2) is 14.2 Å². The first-order valence-electron chi connectivity index (χ1n) is 9.69. The Bertz CT molecular complexity index is 789. The van der Waals surface area contributed by atoms with E-state index in [1.165, 1.54) is 12.1 Å². The normalized spacial score (nSPS) is 16.8. The van der Waals surface area contributed by atoms with Crippen LogP contribution in [0.4, 0.5) is 9.18 Å². The Labute approximate surface area is 165 Å². The number of carbonyl (C=O) groups excluding carboxylic acids is 1. The number of benzene rings is 1. The van der Waals surface area contributed by atoms with Crippen molar-refractivity contribution in [1.29, 1.82) is 0 Å². The molecule has 28 heavy (non-hydrogen) atoms. The van der Waals surface area contributed by atoms with E-state index in [1.807, 2.05) is 45.4 Å². The minimum atomic E-state index is -0.475. The van der Waals surface area contributed by atoms with Crippen LogP contribution in [0.5, 0.6) is 0 Å². The molecule has 0 spiro atoms. The van der Waals surface area contributed by atoms with Crippen LogP contribution in [0.15, 0.2) is 36.8 Å². The van der Waals surface area contributed by atoms with Gasteiger partial charge < -0.3 is 14.2 Å². The number of aromatic nitrogens is 2. The van der Waals surface area contributed by atoms with Crippen molar-refractivity contribution in [3.8, 4) is 0 Å². The summed E-state index contributed by atoms with van der Waals surface area (Å²) in [6.07, 6.45) is 3.45. The van der Waals surface area contributed by atoms with Gasteiger partial charge in [0.25, 0.3) is 0 Å². The zero-order valence-electron chi connectivity index (χ0n) is 17.1. The average Bonchev–Trinajstić information content (AvgIpc) is 3.09. The molecule has 2 heterocycles. The summed E-state index contributed by atoms with van der Waals surface area (Å²) in [4.78, 5) is 20.6. The van der Waals surface area contributed by atoms with Crippen LogP contribution < -0.4 is 0 Å². The van der Waals surface area contributed by atoms with Crippen LogP contribution >= 0.6 is 0 Å². The van der Waals surface area contributed by atoms with Crippen LogP contribution in [0.3, 0.4) is 0 Å². The van der Waals surface area contributed by atoms with Gasteiger partial charge in [0.1, 0.15) is 11.4 Å². The van der Waals surface area contributed by atoms with Crippen molar-refractivity contribution >= 4 is 6.09 Å². The molecule has 7 heteroatoms. The summed E-state index contributed by atoms with van der Waals surface area (Å²) in [7, 11) is 0. The standard InChI is InChI=1S/C21H29FN4O2/c1-16(17-5-7-18(22)8-6-17)26-15-23-13-19(26)14-24-9-11-25(12-10-24)20(27)28-21(2,3)4/h5-8,13,15-16H,9-12,14H2,1-4H3/t16-/m1/s1. The fourth-order valence-corrected chi connectivity index (χ4v) is 3.35. The molecule has 1 atom stereocenters. The molecule has 0 radical (unpaired) electrons. The molecule has 1 fully saturated rings. The Kier molecular flexibility index (Phi) is 6.03. The molecule has 1 aliphatic rings. The Morgan fingerprint density at radius 3 is 2.43 bits per heavy atom. The van der Waals surface area contributed by atoms with Gasteiger partial charge in [0.15, 0.2) is 0 Å². The number of rotatable bonds is 4. The predicted octanol–water partition coefficient (Wildman–Crippen LogP) is 3.68. The summed E-state index contributed by atoms with van der Waals surface area (Å²) in [6.45, 7) is 11.4. The first-order valence-corrected chi connectivity index (χ1v) is 9.69. The molecule has 2 aromatic rings. The highest BCUT2D eigenvalue weighted by Crippen LogP contribution is 2.21. The Morgan fingerprint density at radius 2 is 1.82 bits per heavy atom. The molecule has 1 aromatic heterocycles. The first kappa shape index (κ1) is 20.3. The largest absolute Gasteiger partial charge is 0.444 e. The van der Waals surface area contributed by atoms with Gasteiger partial charge in [-0.2, -0.15) is 0 Å². The molecule has 1 aliphatic heterocycles. The highest BCUT2D eigenvalue weighted by molar-refractivity contribution is 5.68. The third-order valence-electron chi connectivity index (χ3n) is 4.93. The second-order valence-corrected chi connectivity index (χ2v) is 8.26. The number of ether oxygens (including phenoxy) is 1. The Balaban J connectivity index is 1.58. The van der Waals surface area contributed by atoms with Crippen LogP contribution in [-0.2, 0) is 11.3 Å². The molecule has 152 valence electrons. The molecular weight excluding hydrogens is 359 g/mol. The van der Waals surface area contributed by atoms with Crippen LogP contribution in [0.1, 0.15) is 45.0 Å². The van der Waals surface area contributed by atoms with Gasteiger partial charge in [-0.05, 0) is 45.4 Å². The zero-order chi connectivity index (χ0) is 20.3. The van der Waals surface area contributed by atoms with E-state index in [0.29, 0.717) is 13.1 Å². The van der Waals surface area contributed by atoms with Gasteiger partial charge in [0, 0.05) is 38.9 Å². The van der Waals surface area contributed by atoms with Gasteiger partial charge in [-0.15, -0.1) is 0 Å². The molecule has 3 rings (SSSR count). The molecule has 1 amide bonds. The van der Waals surface area contributed by atoms with E-state index in [-0.39, 0.29) is 18.0 Å². The summed E-state index contributed by atoms with van der Waals surface area (Å²) < 4.78 is 20.8. The lowest BCUT2D eigenvalue weighted by Gasteiger charge is -2.35. The molecule has 0 bridgehead atoms. The van der Waals surface area contributed by atoms with Gasteiger partial charge in [0.05, 0.1) is 18.1 Å². The van der Waals surface area contributed by atoms with Gasteiger partial charge in [-0.3, -0.25) is 4.90 Å². The summed E-state index contributed by atoms with van der Waals surface area (Å²) in [6, 6.07) is 6.66. The minimum absolute atomic E-state index is 0.0705.